The molecule has 0 spiro atoms. The standard InChI is InChI=1S/C17H21N3O6/c1-10(16(18)22)26-15(21)5-4-6-20-9-19-12-8-14(25-3)13(24-2)7-11(12)17(20)23/h7-10H,4-6H2,1-3H3,(H2,18,22)/t10-/m0/s1. The lowest BCUT2D eigenvalue weighted by molar-refractivity contribution is -0.153. The second-order valence-electron chi connectivity index (χ2n) is 5.61. The summed E-state index contributed by atoms with van der Waals surface area (Å²) >= 11 is 0. The Balaban J connectivity index is 2.11. The summed E-state index contributed by atoms with van der Waals surface area (Å²) in [5, 5.41) is 0.384. The Bertz CT molecular complexity index is 877. The molecule has 2 aromatic rings. The molecule has 9 heteroatoms. The molecule has 0 fully saturated rings. The third-order valence-corrected chi connectivity index (χ3v) is 3.82. The first-order valence-corrected chi connectivity index (χ1v) is 7.97. The van der Waals surface area contributed by atoms with Gasteiger partial charge in [-0.15, -0.1) is 0 Å². The van der Waals surface area contributed by atoms with Crippen molar-refractivity contribution in [3.8, 4) is 11.5 Å². The maximum absolute atomic E-state index is 12.6. The highest BCUT2D eigenvalue weighted by atomic mass is 16.5. The van der Waals surface area contributed by atoms with Crippen LogP contribution in [0, 0.1) is 0 Å². The van der Waals surface area contributed by atoms with Crippen molar-refractivity contribution in [1.29, 1.82) is 0 Å². The largest absolute Gasteiger partial charge is 0.493 e. The van der Waals surface area contributed by atoms with Crippen LogP contribution in [0.3, 0.4) is 0 Å². The van der Waals surface area contributed by atoms with E-state index in [9.17, 15) is 14.4 Å². The van der Waals surface area contributed by atoms with E-state index in [1.807, 2.05) is 0 Å². The average Bonchev–Trinajstić information content (AvgIpc) is 2.62. The maximum Gasteiger partial charge on any atom is 0.306 e. The van der Waals surface area contributed by atoms with Gasteiger partial charge in [0, 0.05) is 19.0 Å². The van der Waals surface area contributed by atoms with Gasteiger partial charge in [-0.05, 0) is 19.4 Å². The van der Waals surface area contributed by atoms with Crippen LogP contribution in [0.2, 0.25) is 0 Å². The Morgan fingerprint density at radius 1 is 1.23 bits per heavy atom. The van der Waals surface area contributed by atoms with Gasteiger partial charge in [0.05, 0.1) is 31.4 Å². The second kappa shape index (κ2) is 8.32. The molecule has 0 unspecified atom stereocenters. The summed E-state index contributed by atoms with van der Waals surface area (Å²) in [7, 11) is 2.99. The second-order valence-corrected chi connectivity index (χ2v) is 5.61. The SMILES string of the molecule is COc1cc2ncn(CCCC(=O)O[C@@H](C)C(N)=O)c(=O)c2cc1OC. The number of hydrogen-bond acceptors (Lipinski definition) is 7. The van der Waals surface area contributed by atoms with Gasteiger partial charge in [0.25, 0.3) is 11.5 Å². The number of methoxy groups -OCH3 is 2. The molecule has 0 aliphatic heterocycles. The van der Waals surface area contributed by atoms with Crippen molar-refractivity contribution in [3.63, 3.8) is 0 Å². The molecule has 1 atom stereocenters. The summed E-state index contributed by atoms with van der Waals surface area (Å²) < 4.78 is 16.7. The Morgan fingerprint density at radius 2 is 1.88 bits per heavy atom. The van der Waals surface area contributed by atoms with Crippen molar-refractivity contribution in [2.75, 3.05) is 14.2 Å². The van der Waals surface area contributed by atoms with Crippen LogP contribution in [-0.2, 0) is 20.9 Å². The van der Waals surface area contributed by atoms with Gasteiger partial charge in [-0.3, -0.25) is 19.0 Å². The number of benzene rings is 1. The fourth-order valence-electron chi connectivity index (χ4n) is 2.35. The third-order valence-electron chi connectivity index (χ3n) is 3.82. The normalized spacial score (nSPS) is 11.8. The van der Waals surface area contributed by atoms with E-state index in [-0.39, 0.29) is 18.5 Å². The number of hydrogen-bond donors (Lipinski definition) is 1. The Labute approximate surface area is 149 Å². The Morgan fingerprint density at radius 3 is 2.50 bits per heavy atom. The number of amides is 1. The first-order valence-electron chi connectivity index (χ1n) is 7.97. The number of nitrogens with two attached hydrogens (primary N) is 1. The molecule has 1 aromatic carbocycles. The molecule has 2 rings (SSSR count). The number of carbonyl (C=O) groups is 2. The van der Waals surface area contributed by atoms with Crippen molar-refractivity contribution in [1.82, 2.24) is 9.55 Å². The molecule has 1 amide bonds. The summed E-state index contributed by atoms with van der Waals surface area (Å²) in [5.74, 6) is -0.348. The topological polar surface area (TPSA) is 123 Å². The van der Waals surface area contributed by atoms with Crippen LogP contribution >= 0.6 is 0 Å². The number of fused-ring (bicyclic) bond motifs is 1. The van der Waals surface area contributed by atoms with E-state index in [1.54, 1.807) is 12.1 Å². The number of carbonyl (C=O) groups excluding carboxylic acids is 2. The molecule has 0 saturated carbocycles. The average molecular weight is 363 g/mol. The van der Waals surface area contributed by atoms with Gasteiger partial charge in [0.1, 0.15) is 0 Å². The molecule has 1 heterocycles. The number of rotatable bonds is 8. The van der Waals surface area contributed by atoms with Gasteiger partial charge >= 0.3 is 5.97 Å². The smallest absolute Gasteiger partial charge is 0.306 e. The summed E-state index contributed by atoms with van der Waals surface area (Å²) in [6, 6.07) is 3.20. The van der Waals surface area contributed by atoms with Crippen molar-refractivity contribution in [2.45, 2.75) is 32.4 Å². The predicted octanol–water partition coefficient (Wildman–Crippen LogP) is 0.611. The zero-order valence-corrected chi connectivity index (χ0v) is 14.9. The van der Waals surface area contributed by atoms with Crippen molar-refractivity contribution in [2.24, 2.45) is 5.73 Å². The molecule has 26 heavy (non-hydrogen) atoms. The number of aryl methyl sites for hydroxylation is 1. The molecule has 0 aliphatic rings. The Kier molecular flexibility index (Phi) is 6.16. The minimum absolute atomic E-state index is 0.0496. The zero-order chi connectivity index (χ0) is 19.3. The fourth-order valence-corrected chi connectivity index (χ4v) is 2.35. The van der Waals surface area contributed by atoms with Crippen LogP contribution in [0.15, 0.2) is 23.3 Å². The number of ether oxygens (including phenoxy) is 3. The Hall–Kier alpha value is -3.10. The molecular weight excluding hydrogens is 342 g/mol. The fraction of sp³-hybridized carbons (Fsp3) is 0.412. The zero-order valence-electron chi connectivity index (χ0n) is 14.9. The van der Waals surface area contributed by atoms with Crippen LogP contribution in [0.1, 0.15) is 19.8 Å². The van der Waals surface area contributed by atoms with Gasteiger partial charge in [0.15, 0.2) is 17.6 Å². The van der Waals surface area contributed by atoms with Gasteiger partial charge < -0.3 is 19.9 Å². The predicted molar refractivity (Wildman–Crippen MR) is 93.1 cm³/mol. The lowest BCUT2D eigenvalue weighted by Crippen LogP contribution is -2.30. The van der Waals surface area contributed by atoms with Crippen LogP contribution in [0.5, 0.6) is 11.5 Å². The first-order chi connectivity index (χ1) is 12.4. The maximum atomic E-state index is 12.6. The minimum Gasteiger partial charge on any atom is -0.493 e. The van der Waals surface area contributed by atoms with Crippen LogP contribution in [-0.4, -0.2) is 41.8 Å². The number of primary amides is 1. The van der Waals surface area contributed by atoms with E-state index in [4.69, 9.17) is 19.9 Å². The lowest BCUT2D eigenvalue weighted by atomic mass is 10.2. The van der Waals surface area contributed by atoms with Crippen LogP contribution < -0.4 is 20.8 Å². The molecule has 0 radical (unpaired) electrons. The van der Waals surface area contributed by atoms with E-state index in [0.717, 1.165) is 0 Å². The van der Waals surface area contributed by atoms with Gasteiger partial charge in [-0.1, -0.05) is 0 Å². The summed E-state index contributed by atoms with van der Waals surface area (Å²) in [5.41, 5.74) is 5.26. The molecule has 0 aliphatic carbocycles. The monoisotopic (exact) mass is 363 g/mol. The number of esters is 1. The van der Waals surface area contributed by atoms with E-state index in [1.165, 1.54) is 32.0 Å². The van der Waals surface area contributed by atoms with Gasteiger partial charge in [0.2, 0.25) is 0 Å². The van der Waals surface area contributed by atoms with Crippen LogP contribution in [0.25, 0.3) is 10.9 Å². The molecular formula is C17H21N3O6. The molecule has 9 nitrogen and oxygen atoms in total. The van der Waals surface area contributed by atoms with Crippen molar-refractivity contribution in [3.05, 3.63) is 28.8 Å². The number of nitrogens with zero attached hydrogens (tertiary/aromatic N) is 2. The summed E-state index contributed by atoms with van der Waals surface area (Å²) in [4.78, 5) is 39.3. The van der Waals surface area contributed by atoms with E-state index in [0.29, 0.717) is 28.8 Å². The summed E-state index contributed by atoms with van der Waals surface area (Å²) in [6.45, 7) is 1.68. The van der Waals surface area contributed by atoms with Crippen molar-refractivity contribution < 1.29 is 23.8 Å². The first kappa shape index (κ1) is 19.2. The minimum atomic E-state index is -0.977. The molecule has 2 N–H and O–H groups in total. The highest BCUT2D eigenvalue weighted by molar-refractivity contribution is 5.82. The van der Waals surface area contributed by atoms with Crippen molar-refractivity contribution >= 4 is 22.8 Å². The lowest BCUT2D eigenvalue weighted by Gasteiger charge is -2.11. The molecule has 140 valence electrons. The van der Waals surface area contributed by atoms with Gasteiger partial charge in [-0.25, -0.2) is 4.98 Å². The van der Waals surface area contributed by atoms with E-state index in [2.05, 4.69) is 4.98 Å². The van der Waals surface area contributed by atoms with Crippen LogP contribution in [0.4, 0.5) is 0 Å². The quantitative estimate of drug-likeness (QED) is 0.682. The van der Waals surface area contributed by atoms with Gasteiger partial charge in [-0.2, -0.15) is 0 Å². The molecule has 1 aromatic heterocycles. The summed E-state index contributed by atoms with van der Waals surface area (Å²) in [6.07, 6.45) is 0.835. The van der Waals surface area contributed by atoms with E-state index < -0.39 is 18.0 Å². The number of aromatic nitrogens is 2. The van der Waals surface area contributed by atoms with E-state index >= 15 is 0 Å². The highest BCUT2D eigenvalue weighted by Gasteiger charge is 2.15. The highest BCUT2D eigenvalue weighted by Crippen LogP contribution is 2.29. The third kappa shape index (κ3) is 4.29. The molecule has 0 saturated heterocycles. The molecule has 0 bridgehead atoms.